The van der Waals surface area contributed by atoms with Gasteiger partial charge in [0.15, 0.2) is 11.6 Å². The van der Waals surface area contributed by atoms with Gasteiger partial charge < -0.3 is 5.32 Å². The minimum absolute atomic E-state index is 0.150. The van der Waals surface area contributed by atoms with Crippen molar-refractivity contribution in [3.05, 3.63) is 87.1 Å². The zero-order valence-electron chi connectivity index (χ0n) is 16.8. The molecule has 30 heavy (non-hydrogen) atoms. The van der Waals surface area contributed by atoms with Crippen molar-refractivity contribution in [2.75, 3.05) is 11.9 Å². The number of fused-ring (bicyclic) bond motifs is 2. The molecule has 0 aliphatic heterocycles. The smallest absolute Gasteiger partial charge is 0.241 e. The number of hydrogen-bond acceptors (Lipinski definition) is 5. The third-order valence-corrected chi connectivity index (χ3v) is 6.33. The lowest BCUT2D eigenvalue weighted by Crippen LogP contribution is -2.41. The second-order valence-electron chi connectivity index (χ2n) is 7.27. The molecule has 1 aliphatic carbocycles. The van der Waals surface area contributed by atoms with E-state index in [4.69, 9.17) is 0 Å². The normalized spacial score (nSPS) is 13.7. The topological polar surface area (TPSA) is 66.5 Å². The monoisotopic (exact) mass is 418 g/mol. The van der Waals surface area contributed by atoms with Crippen molar-refractivity contribution >= 4 is 34.5 Å². The second-order valence-corrected chi connectivity index (χ2v) is 8.30. The van der Waals surface area contributed by atoms with E-state index in [0.717, 1.165) is 6.54 Å². The highest BCUT2D eigenvalue weighted by molar-refractivity contribution is 7.09. The average molecular weight is 419 g/mol. The third kappa shape index (κ3) is 3.72. The zero-order chi connectivity index (χ0) is 21.3. The first-order chi connectivity index (χ1) is 14.5. The van der Waals surface area contributed by atoms with Crippen molar-refractivity contribution in [1.29, 1.82) is 0 Å². The van der Waals surface area contributed by atoms with Crippen LogP contribution in [0.3, 0.4) is 0 Å². The number of likely N-dealkylation sites (N-methyl/N-ethyl adjacent to an activating group) is 1. The molecule has 1 atom stereocenters. The van der Waals surface area contributed by atoms with E-state index in [1.807, 2.05) is 25.3 Å². The number of nitrogens with zero attached hydrogens (tertiary/aromatic N) is 1. The fraction of sp³-hybridized carbons (Fsp3) is 0.208. The number of carbonyl (C=O) groups is 3. The van der Waals surface area contributed by atoms with Gasteiger partial charge in [0, 0.05) is 39.4 Å². The van der Waals surface area contributed by atoms with E-state index in [1.54, 1.807) is 53.8 Å². The number of benzene rings is 2. The lowest BCUT2D eigenvalue weighted by atomic mass is 9.84. The molecule has 0 spiro atoms. The van der Waals surface area contributed by atoms with Crippen molar-refractivity contribution in [1.82, 2.24) is 4.90 Å². The van der Waals surface area contributed by atoms with E-state index in [0.29, 0.717) is 34.5 Å². The number of thiophene rings is 1. The highest BCUT2D eigenvalue weighted by Gasteiger charge is 2.30. The number of amides is 1. The lowest BCUT2D eigenvalue weighted by molar-refractivity contribution is -0.120. The van der Waals surface area contributed by atoms with Gasteiger partial charge in [0.1, 0.15) is 0 Å². The largest absolute Gasteiger partial charge is 0.325 e. The van der Waals surface area contributed by atoms with Crippen LogP contribution in [0.25, 0.3) is 0 Å². The predicted octanol–water partition coefficient (Wildman–Crippen LogP) is 4.37. The summed E-state index contributed by atoms with van der Waals surface area (Å²) in [5.74, 6) is -0.514. The maximum absolute atomic E-state index is 12.9. The molecule has 0 unspecified atom stereocenters. The van der Waals surface area contributed by atoms with Crippen molar-refractivity contribution in [2.45, 2.75) is 26.4 Å². The van der Waals surface area contributed by atoms with Gasteiger partial charge in [-0.3, -0.25) is 19.3 Å². The fourth-order valence-electron chi connectivity index (χ4n) is 3.71. The Balaban J connectivity index is 1.53. The lowest BCUT2D eigenvalue weighted by Gasteiger charge is -2.26. The first-order valence-electron chi connectivity index (χ1n) is 9.89. The van der Waals surface area contributed by atoms with Crippen LogP contribution in [0.5, 0.6) is 0 Å². The van der Waals surface area contributed by atoms with Gasteiger partial charge in [-0.2, -0.15) is 0 Å². The molecule has 4 rings (SSSR count). The molecule has 0 saturated carbocycles. The molecule has 0 saturated heterocycles. The summed E-state index contributed by atoms with van der Waals surface area (Å²) in [6, 6.07) is 15.4. The minimum atomic E-state index is -0.341. The van der Waals surface area contributed by atoms with Crippen molar-refractivity contribution in [3.8, 4) is 0 Å². The van der Waals surface area contributed by atoms with Crippen LogP contribution < -0.4 is 5.32 Å². The summed E-state index contributed by atoms with van der Waals surface area (Å²) in [5.41, 5.74) is 2.04. The van der Waals surface area contributed by atoms with Gasteiger partial charge in [-0.25, -0.2) is 0 Å². The zero-order valence-corrected chi connectivity index (χ0v) is 17.7. The van der Waals surface area contributed by atoms with E-state index in [2.05, 4.69) is 16.3 Å². The number of hydrogen-bond donors (Lipinski definition) is 1. The van der Waals surface area contributed by atoms with Crippen LogP contribution in [0.2, 0.25) is 0 Å². The molecule has 1 N–H and O–H groups in total. The summed E-state index contributed by atoms with van der Waals surface area (Å²) in [5, 5.41) is 4.93. The third-order valence-electron chi connectivity index (χ3n) is 5.47. The predicted molar refractivity (Wildman–Crippen MR) is 118 cm³/mol. The molecule has 1 heterocycles. The van der Waals surface area contributed by atoms with Crippen LogP contribution in [0, 0.1) is 0 Å². The minimum Gasteiger partial charge on any atom is -0.325 e. The van der Waals surface area contributed by atoms with Crippen LogP contribution >= 0.6 is 11.3 Å². The van der Waals surface area contributed by atoms with Gasteiger partial charge in [-0.15, -0.1) is 11.3 Å². The van der Waals surface area contributed by atoms with Gasteiger partial charge in [-0.05, 0) is 43.1 Å². The Labute approximate surface area is 179 Å². The Bertz CT molecular complexity index is 1120. The standard InChI is InChI=1S/C24H22N2O3S/c1-3-26(14-17-7-6-12-30-17)15(2)24(29)25-16-10-11-20-21(13-16)23(28)19-9-5-4-8-18(19)22(20)27/h4-13,15H,3,14H2,1-2H3,(H,25,29)/t15-/m0/s1. The van der Waals surface area contributed by atoms with Gasteiger partial charge in [0.2, 0.25) is 5.91 Å². The molecule has 0 fully saturated rings. The molecule has 6 heteroatoms. The molecule has 2 aromatic carbocycles. The van der Waals surface area contributed by atoms with E-state index in [-0.39, 0.29) is 23.5 Å². The summed E-state index contributed by atoms with van der Waals surface area (Å²) in [6.45, 7) is 5.34. The van der Waals surface area contributed by atoms with Crippen LogP contribution in [-0.4, -0.2) is 35.0 Å². The Hall–Kier alpha value is -3.09. The first-order valence-corrected chi connectivity index (χ1v) is 10.8. The Kier molecular flexibility index (Phi) is 5.61. The van der Waals surface area contributed by atoms with Crippen molar-refractivity contribution < 1.29 is 14.4 Å². The number of ketones is 2. The van der Waals surface area contributed by atoms with E-state index < -0.39 is 0 Å². The van der Waals surface area contributed by atoms with Gasteiger partial charge >= 0.3 is 0 Å². The highest BCUT2D eigenvalue weighted by Crippen LogP contribution is 2.29. The molecular formula is C24H22N2O3S. The molecular weight excluding hydrogens is 396 g/mol. The van der Waals surface area contributed by atoms with E-state index in [9.17, 15) is 14.4 Å². The van der Waals surface area contributed by atoms with Crippen molar-refractivity contribution in [3.63, 3.8) is 0 Å². The molecule has 0 bridgehead atoms. The summed E-state index contributed by atoms with van der Waals surface area (Å²) >= 11 is 1.67. The summed E-state index contributed by atoms with van der Waals surface area (Å²) < 4.78 is 0. The van der Waals surface area contributed by atoms with Crippen LogP contribution in [-0.2, 0) is 11.3 Å². The highest BCUT2D eigenvalue weighted by atomic mass is 32.1. The summed E-state index contributed by atoms with van der Waals surface area (Å²) in [7, 11) is 0. The van der Waals surface area contributed by atoms with Gasteiger partial charge in [0.25, 0.3) is 0 Å². The van der Waals surface area contributed by atoms with Gasteiger partial charge in [0.05, 0.1) is 6.04 Å². The Morgan fingerprint density at radius 2 is 1.63 bits per heavy atom. The molecule has 3 aromatic rings. The summed E-state index contributed by atoms with van der Waals surface area (Å²) in [6.07, 6.45) is 0. The maximum atomic E-state index is 12.9. The summed E-state index contributed by atoms with van der Waals surface area (Å²) in [4.78, 5) is 41.8. The fourth-order valence-corrected chi connectivity index (χ4v) is 4.44. The SMILES string of the molecule is CCN(Cc1cccs1)[C@@H](C)C(=O)Nc1ccc2c(c1)C(=O)c1ccccc1C2=O. The van der Waals surface area contributed by atoms with Crippen LogP contribution in [0.1, 0.15) is 50.6 Å². The molecule has 1 amide bonds. The van der Waals surface area contributed by atoms with E-state index in [1.165, 1.54) is 4.88 Å². The molecule has 5 nitrogen and oxygen atoms in total. The van der Waals surface area contributed by atoms with Crippen molar-refractivity contribution in [2.24, 2.45) is 0 Å². The van der Waals surface area contributed by atoms with Crippen LogP contribution in [0.15, 0.2) is 60.0 Å². The van der Waals surface area contributed by atoms with Gasteiger partial charge in [-0.1, -0.05) is 37.3 Å². The number of carbonyl (C=O) groups excluding carboxylic acids is 3. The number of anilines is 1. The molecule has 152 valence electrons. The average Bonchev–Trinajstić information content (AvgIpc) is 3.28. The number of nitrogens with one attached hydrogen (secondary N) is 1. The molecule has 1 aliphatic rings. The first kappa shape index (κ1) is 20.2. The van der Waals surface area contributed by atoms with Crippen LogP contribution in [0.4, 0.5) is 5.69 Å². The molecule has 0 radical (unpaired) electrons. The van der Waals surface area contributed by atoms with E-state index >= 15 is 0 Å². The Morgan fingerprint density at radius 1 is 0.967 bits per heavy atom. The Morgan fingerprint density at radius 3 is 2.27 bits per heavy atom. The molecule has 1 aromatic heterocycles. The quantitative estimate of drug-likeness (QED) is 0.505. The number of rotatable bonds is 6. The second kappa shape index (κ2) is 8.34. The maximum Gasteiger partial charge on any atom is 0.241 e.